The van der Waals surface area contributed by atoms with Crippen LogP contribution in [0.15, 0.2) is 84.9 Å². The normalized spacial score (nSPS) is 16.5. The molecule has 3 aromatic carbocycles. The number of fused-ring (bicyclic) bond motifs is 1. The molecule has 0 spiro atoms. The Morgan fingerprint density at radius 3 is 2.21 bits per heavy atom. The second-order valence-electron chi connectivity index (χ2n) is 6.86. The lowest BCUT2D eigenvalue weighted by atomic mass is 9.82. The van der Waals surface area contributed by atoms with E-state index in [-0.39, 0.29) is 5.91 Å². The molecule has 3 aromatic rings. The number of rotatable bonds is 5. The van der Waals surface area contributed by atoms with Gasteiger partial charge in [-0.2, -0.15) is 0 Å². The predicted molar refractivity (Wildman–Crippen MR) is 108 cm³/mol. The fourth-order valence-electron chi connectivity index (χ4n) is 3.92. The summed E-state index contributed by atoms with van der Waals surface area (Å²) in [6.07, 6.45) is 0. The zero-order valence-corrected chi connectivity index (χ0v) is 15.6. The number of amides is 1. The van der Waals surface area contributed by atoms with Gasteiger partial charge < -0.3 is 9.64 Å². The summed E-state index contributed by atoms with van der Waals surface area (Å²) in [4.78, 5) is 28.0. The van der Waals surface area contributed by atoms with Crippen molar-refractivity contribution in [1.82, 2.24) is 0 Å². The highest BCUT2D eigenvalue weighted by molar-refractivity contribution is 6.08. The zero-order valence-electron chi connectivity index (χ0n) is 15.6. The molecule has 2 unspecified atom stereocenters. The fraction of sp³-hybridized carbons (Fsp3) is 0.167. The van der Waals surface area contributed by atoms with Crippen LogP contribution in [0.5, 0.6) is 0 Å². The van der Waals surface area contributed by atoms with Gasteiger partial charge in [0, 0.05) is 5.69 Å². The molecule has 4 rings (SSSR count). The quantitative estimate of drug-likeness (QED) is 0.629. The molecule has 4 heteroatoms. The van der Waals surface area contributed by atoms with E-state index in [0.717, 1.165) is 22.4 Å². The number of hydrogen-bond donors (Lipinski definition) is 0. The molecule has 0 N–H and O–H groups in total. The minimum atomic E-state index is -0.680. The topological polar surface area (TPSA) is 46.6 Å². The number of ether oxygens (including phenoxy) is 1. The molecule has 0 aromatic heterocycles. The first-order chi connectivity index (χ1) is 13.7. The fourth-order valence-corrected chi connectivity index (χ4v) is 3.92. The maximum Gasteiger partial charge on any atom is 0.314 e. The van der Waals surface area contributed by atoms with E-state index in [2.05, 4.69) is 0 Å². The van der Waals surface area contributed by atoms with Gasteiger partial charge in [0.05, 0.1) is 25.5 Å². The number of anilines is 1. The first kappa shape index (κ1) is 18.0. The van der Waals surface area contributed by atoms with Gasteiger partial charge in [0.2, 0.25) is 5.91 Å². The summed E-state index contributed by atoms with van der Waals surface area (Å²) >= 11 is 0. The van der Waals surface area contributed by atoms with Crippen LogP contribution in [0.2, 0.25) is 0 Å². The average molecular weight is 371 g/mol. The van der Waals surface area contributed by atoms with E-state index in [4.69, 9.17) is 4.74 Å². The number of carbonyl (C=O) groups is 2. The van der Waals surface area contributed by atoms with Gasteiger partial charge in [-0.15, -0.1) is 0 Å². The van der Waals surface area contributed by atoms with Gasteiger partial charge in [-0.25, -0.2) is 0 Å². The van der Waals surface area contributed by atoms with Gasteiger partial charge in [-0.3, -0.25) is 9.59 Å². The molecule has 0 radical (unpaired) electrons. The first-order valence-corrected chi connectivity index (χ1v) is 9.27. The largest absolute Gasteiger partial charge is 0.469 e. The molecule has 1 heterocycles. The van der Waals surface area contributed by atoms with E-state index in [1.807, 2.05) is 84.9 Å². The maximum atomic E-state index is 13.5. The Kier molecular flexibility index (Phi) is 4.94. The molecule has 0 fully saturated rings. The Morgan fingerprint density at radius 1 is 0.929 bits per heavy atom. The minimum absolute atomic E-state index is 0.0793. The molecule has 140 valence electrons. The van der Waals surface area contributed by atoms with Gasteiger partial charge in [-0.1, -0.05) is 78.9 Å². The molecule has 0 saturated carbocycles. The number of para-hydroxylation sites is 1. The molecule has 0 bridgehead atoms. The van der Waals surface area contributed by atoms with Gasteiger partial charge in [0.1, 0.15) is 0 Å². The lowest BCUT2D eigenvalue weighted by molar-refractivity contribution is -0.144. The van der Waals surface area contributed by atoms with E-state index in [9.17, 15) is 9.59 Å². The number of benzene rings is 3. The summed E-state index contributed by atoms with van der Waals surface area (Å²) in [5, 5.41) is 0. The third-order valence-corrected chi connectivity index (χ3v) is 5.23. The van der Waals surface area contributed by atoms with Crippen molar-refractivity contribution in [2.24, 2.45) is 0 Å². The van der Waals surface area contributed by atoms with Gasteiger partial charge in [0.25, 0.3) is 0 Å². The molecule has 28 heavy (non-hydrogen) atoms. The highest BCUT2D eigenvalue weighted by Crippen LogP contribution is 2.45. The summed E-state index contributed by atoms with van der Waals surface area (Å²) in [7, 11) is 1.37. The standard InChI is InChI=1S/C24H21NO3/c1-28-24(27)21(18-12-6-3-7-13-18)22-19-14-8-9-15-20(19)25(23(22)26)16-17-10-4-2-5-11-17/h2-15,21-22H,16H2,1H3. The van der Waals surface area contributed by atoms with E-state index >= 15 is 0 Å². The Bertz CT molecular complexity index is 985. The molecular weight excluding hydrogens is 350 g/mol. The predicted octanol–water partition coefficient (Wildman–Crippen LogP) is 4.27. The van der Waals surface area contributed by atoms with Gasteiger partial charge in [-0.05, 0) is 22.8 Å². The van der Waals surface area contributed by atoms with Crippen molar-refractivity contribution in [3.05, 3.63) is 102 Å². The zero-order chi connectivity index (χ0) is 19.5. The van der Waals surface area contributed by atoms with Crippen molar-refractivity contribution in [2.45, 2.75) is 18.4 Å². The molecule has 2 atom stereocenters. The Morgan fingerprint density at radius 2 is 1.54 bits per heavy atom. The number of nitrogens with zero attached hydrogens (tertiary/aromatic N) is 1. The van der Waals surface area contributed by atoms with Crippen LogP contribution < -0.4 is 4.90 Å². The SMILES string of the molecule is COC(=O)C(c1ccccc1)C1C(=O)N(Cc2ccccc2)c2ccccc21. The van der Waals surface area contributed by atoms with Crippen molar-refractivity contribution in [3.63, 3.8) is 0 Å². The molecular formula is C24H21NO3. The Balaban J connectivity index is 1.78. The number of carbonyl (C=O) groups excluding carboxylic acids is 2. The highest BCUT2D eigenvalue weighted by atomic mass is 16.5. The summed E-state index contributed by atoms with van der Waals surface area (Å²) in [5.41, 5.74) is 3.54. The second kappa shape index (κ2) is 7.69. The second-order valence-corrected chi connectivity index (χ2v) is 6.86. The van der Waals surface area contributed by atoms with Crippen LogP contribution in [0, 0.1) is 0 Å². The molecule has 1 amide bonds. The Hall–Kier alpha value is -3.40. The summed E-state index contributed by atoms with van der Waals surface area (Å²) in [6, 6.07) is 26.9. The highest BCUT2D eigenvalue weighted by Gasteiger charge is 2.45. The lowest BCUT2D eigenvalue weighted by Crippen LogP contribution is -2.33. The van der Waals surface area contributed by atoms with Crippen LogP contribution in [0.3, 0.4) is 0 Å². The smallest absolute Gasteiger partial charge is 0.314 e. The number of hydrogen-bond acceptors (Lipinski definition) is 3. The molecule has 4 nitrogen and oxygen atoms in total. The van der Waals surface area contributed by atoms with Crippen molar-refractivity contribution in [3.8, 4) is 0 Å². The molecule has 1 aliphatic heterocycles. The van der Waals surface area contributed by atoms with E-state index in [0.29, 0.717) is 6.54 Å². The van der Waals surface area contributed by atoms with E-state index < -0.39 is 17.8 Å². The monoisotopic (exact) mass is 371 g/mol. The third kappa shape index (κ3) is 3.18. The van der Waals surface area contributed by atoms with Gasteiger partial charge in [0.15, 0.2) is 0 Å². The first-order valence-electron chi connectivity index (χ1n) is 9.27. The van der Waals surface area contributed by atoms with E-state index in [1.54, 1.807) is 4.90 Å². The number of esters is 1. The van der Waals surface area contributed by atoms with Crippen LogP contribution in [0.25, 0.3) is 0 Å². The molecule has 0 aliphatic carbocycles. The Labute approximate surface area is 164 Å². The van der Waals surface area contributed by atoms with Crippen LogP contribution in [0.1, 0.15) is 28.5 Å². The van der Waals surface area contributed by atoms with Crippen LogP contribution in [0.4, 0.5) is 5.69 Å². The maximum absolute atomic E-state index is 13.5. The number of methoxy groups -OCH3 is 1. The van der Waals surface area contributed by atoms with Crippen LogP contribution in [-0.4, -0.2) is 19.0 Å². The summed E-state index contributed by atoms with van der Waals surface area (Å²) in [5.74, 6) is -1.76. The third-order valence-electron chi connectivity index (χ3n) is 5.23. The van der Waals surface area contributed by atoms with Crippen molar-refractivity contribution < 1.29 is 14.3 Å². The van der Waals surface area contributed by atoms with E-state index in [1.165, 1.54) is 7.11 Å². The van der Waals surface area contributed by atoms with Crippen molar-refractivity contribution >= 4 is 17.6 Å². The van der Waals surface area contributed by atoms with Crippen LogP contribution in [-0.2, 0) is 20.9 Å². The summed E-state index contributed by atoms with van der Waals surface area (Å²) < 4.78 is 5.09. The minimum Gasteiger partial charge on any atom is -0.469 e. The summed E-state index contributed by atoms with van der Waals surface area (Å²) in [6.45, 7) is 0.468. The average Bonchev–Trinajstić information content (AvgIpc) is 3.02. The lowest BCUT2D eigenvalue weighted by Gasteiger charge is -2.22. The van der Waals surface area contributed by atoms with Gasteiger partial charge >= 0.3 is 5.97 Å². The van der Waals surface area contributed by atoms with Crippen LogP contribution >= 0.6 is 0 Å². The molecule has 0 saturated heterocycles. The molecule has 1 aliphatic rings. The van der Waals surface area contributed by atoms with Crippen molar-refractivity contribution in [1.29, 1.82) is 0 Å². The van der Waals surface area contributed by atoms with Crippen molar-refractivity contribution in [2.75, 3.05) is 12.0 Å².